The van der Waals surface area contributed by atoms with Gasteiger partial charge in [-0.05, 0) is 49.4 Å². The molecule has 0 amide bonds. The van der Waals surface area contributed by atoms with Crippen molar-refractivity contribution in [2.75, 3.05) is 0 Å². The lowest BCUT2D eigenvalue weighted by Crippen LogP contribution is -2.07. The van der Waals surface area contributed by atoms with E-state index in [0.29, 0.717) is 6.42 Å². The van der Waals surface area contributed by atoms with Crippen LogP contribution in [-0.2, 0) is 24.2 Å². The number of aromatic nitrogens is 1. The Labute approximate surface area is 101 Å². The minimum absolute atomic E-state index is 0.274. The fourth-order valence-electron chi connectivity index (χ4n) is 2.79. The van der Waals surface area contributed by atoms with Gasteiger partial charge in [0.25, 0.3) is 0 Å². The largest absolute Gasteiger partial charge is 0.347 e. The van der Waals surface area contributed by atoms with Crippen molar-refractivity contribution < 1.29 is 4.79 Å². The first kappa shape index (κ1) is 10.6. The highest BCUT2D eigenvalue weighted by atomic mass is 16.1. The number of benzene rings is 1. The monoisotopic (exact) mass is 227 g/mol. The molecule has 1 aromatic heterocycles. The number of rotatable bonds is 3. The fourth-order valence-corrected chi connectivity index (χ4v) is 2.79. The summed E-state index contributed by atoms with van der Waals surface area (Å²) < 4.78 is 2.35. The Morgan fingerprint density at radius 3 is 3.12 bits per heavy atom. The van der Waals surface area contributed by atoms with Gasteiger partial charge in [0.15, 0.2) is 0 Å². The third-order valence-corrected chi connectivity index (χ3v) is 3.61. The molecule has 0 fully saturated rings. The van der Waals surface area contributed by atoms with Gasteiger partial charge in [-0.1, -0.05) is 6.07 Å². The zero-order valence-corrected chi connectivity index (χ0v) is 10.2. The molecular weight excluding hydrogens is 210 g/mol. The molecule has 0 spiro atoms. The predicted molar refractivity (Wildman–Crippen MR) is 69.3 cm³/mol. The second-order valence-electron chi connectivity index (χ2n) is 5.01. The third-order valence-electron chi connectivity index (χ3n) is 3.61. The van der Waals surface area contributed by atoms with E-state index in [4.69, 9.17) is 0 Å². The lowest BCUT2D eigenvalue weighted by Gasteiger charge is -2.16. The van der Waals surface area contributed by atoms with E-state index in [1.54, 1.807) is 6.92 Å². The van der Waals surface area contributed by atoms with Crippen LogP contribution in [0.5, 0.6) is 0 Å². The van der Waals surface area contributed by atoms with E-state index in [2.05, 4.69) is 29.0 Å². The van der Waals surface area contributed by atoms with Crippen molar-refractivity contribution in [2.45, 2.75) is 39.2 Å². The maximum Gasteiger partial charge on any atom is 0.130 e. The number of hydrogen-bond donors (Lipinski definition) is 0. The normalized spacial score (nSPS) is 14.2. The molecule has 17 heavy (non-hydrogen) atoms. The van der Waals surface area contributed by atoms with Gasteiger partial charge >= 0.3 is 0 Å². The van der Waals surface area contributed by atoms with Crippen LogP contribution in [0, 0.1) is 0 Å². The second kappa shape index (κ2) is 4.02. The average Bonchev–Trinajstić information content (AvgIpc) is 2.72. The molecule has 88 valence electrons. The molecule has 0 aliphatic carbocycles. The summed E-state index contributed by atoms with van der Waals surface area (Å²) in [4.78, 5) is 11.0. The molecule has 1 aromatic carbocycles. The number of nitrogens with zero attached hydrogens (tertiary/aromatic N) is 1. The molecule has 1 aliphatic heterocycles. The standard InChI is InChI=1S/C15H17NO/c1-11(17)4-5-12-9-13-3-2-7-16-8-6-14(10-12)15(13)16/h6,8-10H,2-5,7H2,1H3. The van der Waals surface area contributed by atoms with Gasteiger partial charge in [-0.25, -0.2) is 0 Å². The van der Waals surface area contributed by atoms with Crippen molar-refractivity contribution in [1.29, 1.82) is 0 Å². The SMILES string of the molecule is CC(=O)CCc1cc2c3c(ccn3CCC2)c1. The maximum atomic E-state index is 11.0. The Hall–Kier alpha value is -1.57. The van der Waals surface area contributed by atoms with Gasteiger partial charge in [-0.15, -0.1) is 0 Å². The number of Topliss-reactive ketones (excluding diaryl/α,β-unsaturated/α-hetero) is 1. The van der Waals surface area contributed by atoms with E-state index < -0.39 is 0 Å². The maximum absolute atomic E-state index is 11.0. The van der Waals surface area contributed by atoms with Crippen molar-refractivity contribution in [3.63, 3.8) is 0 Å². The van der Waals surface area contributed by atoms with E-state index >= 15 is 0 Å². The lowest BCUT2D eigenvalue weighted by molar-refractivity contribution is -0.116. The minimum atomic E-state index is 0.274. The van der Waals surface area contributed by atoms with Gasteiger partial charge in [0, 0.05) is 24.5 Å². The van der Waals surface area contributed by atoms with Crippen LogP contribution in [-0.4, -0.2) is 10.4 Å². The van der Waals surface area contributed by atoms with Crippen molar-refractivity contribution in [3.05, 3.63) is 35.5 Å². The minimum Gasteiger partial charge on any atom is -0.347 e. The summed E-state index contributed by atoms with van der Waals surface area (Å²) in [5, 5.41) is 1.33. The van der Waals surface area contributed by atoms with Crippen LogP contribution >= 0.6 is 0 Å². The van der Waals surface area contributed by atoms with Gasteiger partial charge in [0.1, 0.15) is 5.78 Å². The number of hydrogen-bond acceptors (Lipinski definition) is 1. The summed E-state index contributed by atoms with van der Waals surface area (Å²) in [7, 11) is 0. The summed E-state index contributed by atoms with van der Waals surface area (Å²) in [6, 6.07) is 6.73. The third kappa shape index (κ3) is 1.88. The molecule has 2 heterocycles. The Morgan fingerprint density at radius 1 is 1.41 bits per heavy atom. The van der Waals surface area contributed by atoms with Gasteiger partial charge in [-0.2, -0.15) is 0 Å². The van der Waals surface area contributed by atoms with Crippen molar-refractivity contribution >= 4 is 16.7 Å². The van der Waals surface area contributed by atoms with E-state index in [1.165, 1.54) is 34.9 Å². The van der Waals surface area contributed by atoms with Gasteiger partial charge in [-0.3, -0.25) is 0 Å². The number of ketones is 1. The molecule has 0 radical (unpaired) electrons. The summed E-state index contributed by atoms with van der Waals surface area (Å²) in [5.41, 5.74) is 4.17. The van der Waals surface area contributed by atoms with Gasteiger partial charge in [0.2, 0.25) is 0 Å². The molecule has 2 aromatic rings. The fraction of sp³-hybridized carbons (Fsp3) is 0.400. The highest BCUT2D eigenvalue weighted by Crippen LogP contribution is 2.28. The van der Waals surface area contributed by atoms with Crippen molar-refractivity contribution in [2.24, 2.45) is 0 Å². The van der Waals surface area contributed by atoms with Crippen molar-refractivity contribution in [3.8, 4) is 0 Å². The van der Waals surface area contributed by atoms with E-state index in [0.717, 1.165) is 13.0 Å². The molecule has 0 atom stereocenters. The van der Waals surface area contributed by atoms with Gasteiger partial charge in [0.05, 0.1) is 5.52 Å². The zero-order chi connectivity index (χ0) is 11.8. The zero-order valence-electron chi connectivity index (χ0n) is 10.2. The molecule has 1 aliphatic rings. The molecule has 0 saturated heterocycles. The van der Waals surface area contributed by atoms with Crippen molar-refractivity contribution in [1.82, 2.24) is 4.57 Å². The topological polar surface area (TPSA) is 22.0 Å². The predicted octanol–water partition coefficient (Wildman–Crippen LogP) is 3.11. The molecule has 2 heteroatoms. The van der Waals surface area contributed by atoms with Crippen LogP contribution in [0.1, 0.15) is 30.9 Å². The van der Waals surface area contributed by atoms with E-state index in [1.807, 2.05) is 0 Å². The Bertz CT molecular complexity index is 580. The quantitative estimate of drug-likeness (QED) is 0.789. The first-order valence-corrected chi connectivity index (χ1v) is 6.34. The van der Waals surface area contributed by atoms with E-state index in [9.17, 15) is 4.79 Å². The Morgan fingerprint density at radius 2 is 2.29 bits per heavy atom. The highest BCUT2D eigenvalue weighted by molar-refractivity contribution is 5.85. The Balaban J connectivity index is 2.02. The van der Waals surface area contributed by atoms with Gasteiger partial charge < -0.3 is 9.36 Å². The van der Waals surface area contributed by atoms with Crippen LogP contribution in [0.3, 0.4) is 0 Å². The summed E-state index contributed by atoms with van der Waals surface area (Å²) >= 11 is 0. The molecule has 0 unspecified atom stereocenters. The van der Waals surface area contributed by atoms with Crippen LogP contribution in [0.25, 0.3) is 10.9 Å². The molecule has 0 saturated carbocycles. The van der Waals surface area contributed by atoms with Crippen LogP contribution in [0.15, 0.2) is 24.4 Å². The highest BCUT2D eigenvalue weighted by Gasteiger charge is 2.13. The van der Waals surface area contributed by atoms with Crippen LogP contribution in [0.4, 0.5) is 0 Å². The number of carbonyl (C=O) groups is 1. The summed E-state index contributed by atoms with van der Waals surface area (Å²) in [5.74, 6) is 0.274. The molecule has 3 rings (SSSR count). The summed E-state index contributed by atoms with van der Waals surface area (Å²) in [6.45, 7) is 2.81. The smallest absolute Gasteiger partial charge is 0.130 e. The summed E-state index contributed by atoms with van der Waals surface area (Å²) in [6.07, 6.45) is 6.12. The van der Waals surface area contributed by atoms with Crippen LogP contribution in [0.2, 0.25) is 0 Å². The van der Waals surface area contributed by atoms with E-state index in [-0.39, 0.29) is 5.78 Å². The van der Waals surface area contributed by atoms with Crippen LogP contribution < -0.4 is 0 Å². The second-order valence-corrected chi connectivity index (χ2v) is 5.01. The first-order chi connectivity index (χ1) is 8.24. The molecule has 0 N–H and O–H groups in total. The average molecular weight is 227 g/mol. The Kier molecular flexibility index (Phi) is 2.50. The molecule has 0 bridgehead atoms. The molecule has 2 nitrogen and oxygen atoms in total. The number of aryl methyl sites for hydroxylation is 3. The first-order valence-electron chi connectivity index (χ1n) is 6.34. The number of carbonyl (C=O) groups excluding carboxylic acids is 1. The lowest BCUT2D eigenvalue weighted by atomic mass is 9.98. The molecular formula is C15H17NO.